The van der Waals surface area contributed by atoms with Gasteiger partial charge in [0.25, 0.3) is 0 Å². The van der Waals surface area contributed by atoms with E-state index in [0.29, 0.717) is 0 Å². The lowest BCUT2D eigenvalue weighted by Crippen LogP contribution is -2.44. The van der Waals surface area contributed by atoms with Gasteiger partial charge in [-0.3, -0.25) is 4.21 Å². The Labute approximate surface area is 104 Å². The van der Waals surface area contributed by atoms with Crippen LogP contribution in [0, 0.1) is 0 Å². The molecule has 1 atom stereocenters. The van der Waals surface area contributed by atoms with Gasteiger partial charge in [0.2, 0.25) is 0 Å². The smallest absolute Gasteiger partial charge is 0.490 e. The molecular weight excluding hydrogens is 313 g/mol. The molecule has 0 aromatic rings. The van der Waals surface area contributed by atoms with E-state index in [9.17, 15) is 44.3 Å². The molecular formula is C7H6F7O4S-. The Balaban J connectivity index is 4.29. The highest BCUT2D eigenvalue weighted by atomic mass is 32.2. The summed E-state index contributed by atoms with van der Waals surface area (Å²) in [5.74, 6) is -7.64. The summed E-state index contributed by atoms with van der Waals surface area (Å²) >= 11 is -4.39. The number of hydrogen-bond acceptors (Lipinski definition) is 4. The molecule has 0 radical (unpaired) electrons. The maximum Gasteiger partial charge on any atom is 0.490 e. The fraction of sp³-hybridized carbons (Fsp3) is 0.857. The summed E-state index contributed by atoms with van der Waals surface area (Å²) in [4.78, 5) is 10.1. The van der Waals surface area contributed by atoms with Crippen molar-refractivity contribution in [3.63, 3.8) is 0 Å². The van der Waals surface area contributed by atoms with Crippen LogP contribution in [0.15, 0.2) is 0 Å². The number of esters is 1. The summed E-state index contributed by atoms with van der Waals surface area (Å²) < 4.78 is 108. The molecule has 0 spiro atoms. The number of halogens is 7. The first kappa shape index (κ1) is 18.1. The van der Waals surface area contributed by atoms with E-state index in [-0.39, 0.29) is 0 Å². The van der Waals surface area contributed by atoms with Gasteiger partial charge in [0.05, 0.1) is 6.61 Å². The van der Waals surface area contributed by atoms with Gasteiger partial charge in [0, 0.05) is 17.5 Å². The molecule has 0 aromatic heterocycles. The normalized spacial score (nSPS) is 15.2. The summed E-state index contributed by atoms with van der Waals surface area (Å²) in [6.07, 6.45) is -8.16. The summed E-state index contributed by atoms with van der Waals surface area (Å²) in [6.45, 7) is -1.20. The molecule has 0 aromatic carbocycles. The number of carbonyl (C=O) groups excluding carboxylic acids is 1. The van der Waals surface area contributed by atoms with Crippen molar-refractivity contribution < 1.29 is 49.0 Å². The van der Waals surface area contributed by atoms with E-state index in [1.54, 1.807) is 0 Å². The van der Waals surface area contributed by atoms with Crippen LogP contribution < -0.4 is 0 Å². The minimum atomic E-state index is -5.36. The lowest BCUT2D eigenvalue weighted by atomic mass is 10.2. The lowest BCUT2D eigenvalue weighted by Gasteiger charge is -2.27. The van der Waals surface area contributed by atoms with E-state index < -0.39 is 53.9 Å². The predicted molar refractivity (Wildman–Crippen MR) is 45.1 cm³/mol. The van der Waals surface area contributed by atoms with Crippen molar-refractivity contribution in [1.82, 2.24) is 0 Å². The SMILES string of the molecule is O=C(OCCCC(F)(F)C(F)(F)S(=O)[O-])C(F)(F)F. The molecule has 0 saturated carbocycles. The van der Waals surface area contributed by atoms with Crippen LogP contribution in [0.4, 0.5) is 30.7 Å². The van der Waals surface area contributed by atoms with Gasteiger partial charge in [-0.2, -0.15) is 30.7 Å². The van der Waals surface area contributed by atoms with Gasteiger partial charge in [-0.15, -0.1) is 0 Å². The van der Waals surface area contributed by atoms with Crippen LogP contribution in [0.2, 0.25) is 0 Å². The van der Waals surface area contributed by atoms with Crippen LogP contribution >= 0.6 is 0 Å². The van der Waals surface area contributed by atoms with Crippen molar-refractivity contribution in [1.29, 1.82) is 0 Å². The second-order valence-corrected chi connectivity index (χ2v) is 4.18. The third kappa shape index (κ3) is 4.93. The fourth-order valence-electron chi connectivity index (χ4n) is 0.808. The Morgan fingerprint density at radius 3 is 1.95 bits per heavy atom. The number of rotatable bonds is 6. The molecule has 0 rings (SSSR count). The van der Waals surface area contributed by atoms with Crippen LogP contribution in [-0.2, 0) is 20.6 Å². The van der Waals surface area contributed by atoms with Crippen molar-refractivity contribution in [2.45, 2.75) is 30.2 Å². The maximum absolute atomic E-state index is 12.7. The second-order valence-electron chi connectivity index (χ2n) is 3.19. The predicted octanol–water partition coefficient (Wildman–Crippen LogP) is 1.98. The third-order valence-corrected chi connectivity index (χ3v) is 2.45. The highest BCUT2D eigenvalue weighted by Gasteiger charge is 2.57. The van der Waals surface area contributed by atoms with Gasteiger partial charge in [-0.05, 0) is 6.42 Å². The quantitative estimate of drug-likeness (QED) is 0.325. The molecule has 0 amide bonds. The van der Waals surface area contributed by atoms with Crippen LogP contribution in [0.3, 0.4) is 0 Å². The molecule has 0 heterocycles. The minimum Gasteiger partial charge on any atom is -0.768 e. The molecule has 0 aliphatic carbocycles. The maximum atomic E-state index is 12.7. The van der Waals surface area contributed by atoms with Gasteiger partial charge in [0.1, 0.15) is 0 Å². The zero-order valence-electron chi connectivity index (χ0n) is 8.81. The van der Waals surface area contributed by atoms with Gasteiger partial charge >= 0.3 is 23.3 Å². The Morgan fingerprint density at radius 2 is 1.58 bits per heavy atom. The van der Waals surface area contributed by atoms with E-state index in [1.165, 1.54) is 0 Å². The third-order valence-electron chi connectivity index (χ3n) is 1.73. The van der Waals surface area contributed by atoms with E-state index in [4.69, 9.17) is 0 Å². The highest BCUT2D eigenvalue weighted by molar-refractivity contribution is 7.80. The molecule has 0 fully saturated rings. The topological polar surface area (TPSA) is 66.4 Å². The van der Waals surface area contributed by atoms with Crippen LogP contribution in [0.1, 0.15) is 12.8 Å². The van der Waals surface area contributed by atoms with E-state index in [0.717, 1.165) is 0 Å². The summed E-state index contributed by atoms with van der Waals surface area (Å²) in [7, 11) is 0. The largest absolute Gasteiger partial charge is 0.768 e. The van der Waals surface area contributed by atoms with Gasteiger partial charge < -0.3 is 9.29 Å². The molecule has 19 heavy (non-hydrogen) atoms. The average molecular weight is 319 g/mol. The molecule has 1 unspecified atom stereocenters. The van der Waals surface area contributed by atoms with Gasteiger partial charge in [0.15, 0.2) is 0 Å². The molecule has 0 aliphatic heterocycles. The fourth-order valence-corrected chi connectivity index (χ4v) is 1.15. The Kier molecular flexibility index (Phi) is 5.74. The summed E-state index contributed by atoms with van der Waals surface area (Å²) in [6, 6.07) is 0. The zero-order chi connectivity index (χ0) is 15.5. The van der Waals surface area contributed by atoms with Gasteiger partial charge in [-0.1, -0.05) is 0 Å². The zero-order valence-corrected chi connectivity index (χ0v) is 9.62. The molecule has 114 valence electrons. The van der Waals surface area contributed by atoms with E-state index >= 15 is 0 Å². The van der Waals surface area contributed by atoms with Crippen molar-refractivity contribution >= 4 is 17.0 Å². The first-order valence-electron chi connectivity index (χ1n) is 4.41. The second kappa shape index (κ2) is 6.03. The average Bonchev–Trinajstić information content (AvgIpc) is 2.22. The summed E-state index contributed by atoms with van der Waals surface area (Å²) in [5.41, 5.74) is 0. The first-order valence-corrected chi connectivity index (χ1v) is 5.49. The van der Waals surface area contributed by atoms with Crippen LogP contribution in [0.5, 0.6) is 0 Å². The molecule has 0 N–H and O–H groups in total. The molecule has 12 heteroatoms. The summed E-state index contributed by atoms with van der Waals surface area (Å²) in [5, 5.41) is -5.36. The van der Waals surface area contributed by atoms with E-state index in [1.807, 2.05) is 0 Å². The lowest BCUT2D eigenvalue weighted by molar-refractivity contribution is -0.201. The van der Waals surface area contributed by atoms with Gasteiger partial charge in [-0.25, -0.2) is 4.79 Å². The van der Waals surface area contributed by atoms with Crippen molar-refractivity contribution in [2.24, 2.45) is 0 Å². The number of hydrogen-bond donors (Lipinski definition) is 0. The Bertz CT molecular complexity index is 354. The van der Waals surface area contributed by atoms with E-state index in [2.05, 4.69) is 4.74 Å². The van der Waals surface area contributed by atoms with Crippen LogP contribution in [0.25, 0.3) is 0 Å². The number of alkyl halides is 7. The van der Waals surface area contributed by atoms with Crippen molar-refractivity contribution in [3.05, 3.63) is 0 Å². The Hall–Kier alpha value is -0.910. The Morgan fingerprint density at radius 1 is 1.11 bits per heavy atom. The standard InChI is InChI=1S/C7H7F7O4S/c8-5(9,7(13,14)19(16)17)2-1-3-18-4(15)6(10,11)12/h1-3H2,(H,16,17)/p-1. The number of ether oxygens (including phenoxy) is 1. The number of carbonyl (C=O) groups is 1. The molecule has 0 aliphatic rings. The monoisotopic (exact) mass is 319 g/mol. The first-order chi connectivity index (χ1) is 8.32. The van der Waals surface area contributed by atoms with Crippen molar-refractivity contribution in [3.8, 4) is 0 Å². The molecule has 4 nitrogen and oxygen atoms in total. The van der Waals surface area contributed by atoms with Crippen LogP contribution in [-0.4, -0.2) is 38.7 Å². The highest BCUT2D eigenvalue weighted by Crippen LogP contribution is 2.39. The molecule has 0 bridgehead atoms. The van der Waals surface area contributed by atoms with Crippen molar-refractivity contribution in [2.75, 3.05) is 6.61 Å². The minimum absolute atomic E-state index is 1.07. The molecule has 0 saturated heterocycles.